The molecule has 0 fully saturated rings. The average Bonchev–Trinajstić information content (AvgIpc) is 3.54. The lowest BCUT2D eigenvalue weighted by molar-refractivity contribution is -0.133. The number of carbonyl (C=O) groups excluding carboxylic acids is 2. The number of hydrogen-bond donors (Lipinski definition) is 0. The summed E-state index contributed by atoms with van der Waals surface area (Å²) in [7, 11) is 1.56. The van der Waals surface area contributed by atoms with Gasteiger partial charge in [0.25, 0.3) is 5.91 Å². The fourth-order valence-electron chi connectivity index (χ4n) is 3.94. The second-order valence-corrected chi connectivity index (χ2v) is 8.83. The van der Waals surface area contributed by atoms with Crippen molar-refractivity contribution in [1.29, 1.82) is 0 Å². The second-order valence-electron chi connectivity index (χ2n) is 8.83. The number of benzene rings is 2. The summed E-state index contributed by atoms with van der Waals surface area (Å²) < 4.78 is 21.7. The van der Waals surface area contributed by atoms with E-state index in [1.165, 1.54) is 0 Å². The van der Waals surface area contributed by atoms with E-state index in [0.29, 0.717) is 41.7 Å². The van der Waals surface area contributed by atoms with Gasteiger partial charge in [0.1, 0.15) is 18.1 Å². The summed E-state index contributed by atoms with van der Waals surface area (Å²) in [5, 5.41) is 0. The number of nitrogens with zero attached hydrogens (tertiary/aromatic N) is 2. The quantitative estimate of drug-likeness (QED) is 0.431. The summed E-state index contributed by atoms with van der Waals surface area (Å²) in [6.45, 7) is 5.22. The molecule has 2 heterocycles. The summed E-state index contributed by atoms with van der Waals surface area (Å²) in [4.78, 5) is 30.2. The van der Waals surface area contributed by atoms with E-state index in [1.807, 2.05) is 38.1 Å². The number of fused-ring (bicyclic) bond motifs is 1. The molecule has 0 saturated carbocycles. The maximum absolute atomic E-state index is 13.6. The number of rotatable bonds is 10. The molecule has 4 rings (SSSR count). The zero-order valence-corrected chi connectivity index (χ0v) is 20.2. The molecule has 35 heavy (non-hydrogen) atoms. The van der Waals surface area contributed by atoms with E-state index >= 15 is 0 Å². The Bertz CT molecular complexity index is 1160. The first-order valence-corrected chi connectivity index (χ1v) is 11.5. The summed E-state index contributed by atoms with van der Waals surface area (Å²) >= 11 is 0. The predicted molar refractivity (Wildman–Crippen MR) is 129 cm³/mol. The average molecular weight is 479 g/mol. The van der Waals surface area contributed by atoms with Crippen LogP contribution in [0.1, 0.15) is 35.5 Å². The first-order chi connectivity index (χ1) is 16.9. The number of amides is 2. The van der Waals surface area contributed by atoms with Crippen LogP contribution in [0, 0.1) is 5.92 Å². The molecule has 2 aromatic carbocycles. The van der Waals surface area contributed by atoms with Gasteiger partial charge in [-0.1, -0.05) is 26.0 Å². The molecule has 3 aromatic rings. The standard InChI is InChI=1S/C27H30N2O6/c1-19(2)14-29(27(31)21-6-4-7-22(13-21)32-3)17-26(30)28(16-23-8-5-11-33-23)15-20-9-10-24-25(12-20)35-18-34-24/h4-13,19H,14-18H2,1-3H3. The highest BCUT2D eigenvalue weighted by Gasteiger charge is 2.25. The van der Waals surface area contributed by atoms with Gasteiger partial charge < -0.3 is 28.4 Å². The van der Waals surface area contributed by atoms with E-state index in [4.69, 9.17) is 18.6 Å². The highest BCUT2D eigenvalue weighted by molar-refractivity contribution is 5.96. The van der Waals surface area contributed by atoms with Crippen molar-refractivity contribution in [3.63, 3.8) is 0 Å². The number of ether oxygens (including phenoxy) is 3. The SMILES string of the molecule is COc1cccc(C(=O)N(CC(=O)N(Cc2ccc3c(c2)OCO3)Cc2ccco2)CC(C)C)c1. The second kappa shape index (κ2) is 11.0. The number of furan rings is 1. The molecule has 0 N–H and O–H groups in total. The van der Waals surface area contributed by atoms with Crippen molar-refractivity contribution in [1.82, 2.24) is 9.80 Å². The molecule has 2 amide bonds. The third kappa shape index (κ3) is 6.15. The zero-order chi connectivity index (χ0) is 24.8. The van der Waals surface area contributed by atoms with Crippen molar-refractivity contribution < 1.29 is 28.2 Å². The van der Waals surface area contributed by atoms with Crippen molar-refractivity contribution in [3.05, 3.63) is 77.7 Å². The summed E-state index contributed by atoms with van der Waals surface area (Å²) in [6.07, 6.45) is 1.58. The van der Waals surface area contributed by atoms with Crippen LogP contribution in [-0.4, -0.2) is 48.6 Å². The molecule has 184 valence electrons. The number of methoxy groups -OCH3 is 1. The minimum Gasteiger partial charge on any atom is -0.497 e. The van der Waals surface area contributed by atoms with Crippen LogP contribution in [0.2, 0.25) is 0 Å². The Morgan fingerprint density at radius 3 is 2.54 bits per heavy atom. The van der Waals surface area contributed by atoms with Crippen LogP contribution in [0.5, 0.6) is 17.2 Å². The van der Waals surface area contributed by atoms with E-state index in [0.717, 1.165) is 5.56 Å². The van der Waals surface area contributed by atoms with Crippen LogP contribution < -0.4 is 14.2 Å². The smallest absolute Gasteiger partial charge is 0.254 e. The molecule has 1 aromatic heterocycles. The van der Waals surface area contributed by atoms with Gasteiger partial charge in [0.2, 0.25) is 12.7 Å². The van der Waals surface area contributed by atoms with Crippen molar-refractivity contribution in [2.45, 2.75) is 26.9 Å². The molecular weight excluding hydrogens is 448 g/mol. The highest BCUT2D eigenvalue weighted by Crippen LogP contribution is 2.33. The molecule has 0 unspecified atom stereocenters. The van der Waals surface area contributed by atoms with Gasteiger partial charge in [-0.2, -0.15) is 0 Å². The van der Waals surface area contributed by atoms with Crippen LogP contribution >= 0.6 is 0 Å². The third-order valence-corrected chi connectivity index (χ3v) is 5.61. The molecule has 0 saturated heterocycles. The normalized spacial score (nSPS) is 12.0. The summed E-state index contributed by atoms with van der Waals surface area (Å²) in [5.41, 5.74) is 1.37. The Morgan fingerprint density at radius 2 is 1.80 bits per heavy atom. The number of hydrogen-bond acceptors (Lipinski definition) is 6. The van der Waals surface area contributed by atoms with Crippen LogP contribution in [0.4, 0.5) is 0 Å². The van der Waals surface area contributed by atoms with Crippen molar-refractivity contribution in [3.8, 4) is 17.2 Å². The molecule has 0 radical (unpaired) electrons. The Balaban J connectivity index is 1.55. The summed E-state index contributed by atoms with van der Waals surface area (Å²) in [6, 6.07) is 16.2. The van der Waals surface area contributed by atoms with Crippen molar-refractivity contribution in [2.24, 2.45) is 5.92 Å². The third-order valence-electron chi connectivity index (χ3n) is 5.61. The van der Waals surface area contributed by atoms with Gasteiger partial charge in [-0.3, -0.25) is 9.59 Å². The largest absolute Gasteiger partial charge is 0.497 e. The number of carbonyl (C=O) groups is 2. The lowest BCUT2D eigenvalue weighted by Gasteiger charge is -2.28. The Hall–Kier alpha value is -3.94. The molecule has 0 bridgehead atoms. The first kappa shape index (κ1) is 24.2. The minimum absolute atomic E-state index is 0.0561. The van der Waals surface area contributed by atoms with E-state index in [-0.39, 0.29) is 37.6 Å². The molecule has 0 atom stereocenters. The molecule has 0 aliphatic carbocycles. The first-order valence-electron chi connectivity index (χ1n) is 11.5. The van der Waals surface area contributed by atoms with Crippen molar-refractivity contribution in [2.75, 3.05) is 27.0 Å². The maximum Gasteiger partial charge on any atom is 0.254 e. The molecule has 1 aliphatic heterocycles. The minimum atomic E-state index is -0.216. The zero-order valence-electron chi connectivity index (χ0n) is 20.2. The highest BCUT2D eigenvalue weighted by atomic mass is 16.7. The van der Waals surface area contributed by atoms with Crippen LogP contribution in [-0.2, 0) is 17.9 Å². The Kier molecular flexibility index (Phi) is 7.60. The fraction of sp³-hybridized carbons (Fsp3) is 0.333. The van der Waals surface area contributed by atoms with E-state index in [1.54, 1.807) is 53.5 Å². The Labute approximate surface area is 205 Å². The van der Waals surface area contributed by atoms with Gasteiger partial charge in [0.05, 0.1) is 19.9 Å². The van der Waals surface area contributed by atoms with Crippen LogP contribution in [0.3, 0.4) is 0 Å². The monoisotopic (exact) mass is 478 g/mol. The molecular formula is C27H30N2O6. The maximum atomic E-state index is 13.6. The van der Waals surface area contributed by atoms with E-state index in [9.17, 15) is 9.59 Å². The van der Waals surface area contributed by atoms with Gasteiger partial charge in [-0.15, -0.1) is 0 Å². The molecule has 8 heteroatoms. The van der Waals surface area contributed by atoms with Gasteiger partial charge in [0, 0.05) is 18.7 Å². The molecule has 8 nitrogen and oxygen atoms in total. The summed E-state index contributed by atoms with van der Waals surface area (Å²) in [5.74, 6) is 2.38. The van der Waals surface area contributed by atoms with Gasteiger partial charge in [-0.25, -0.2) is 0 Å². The van der Waals surface area contributed by atoms with Crippen LogP contribution in [0.25, 0.3) is 0 Å². The predicted octanol–water partition coefficient (Wildman–Crippen LogP) is 4.34. The van der Waals surface area contributed by atoms with E-state index < -0.39 is 0 Å². The molecule has 0 spiro atoms. The van der Waals surface area contributed by atoms with Crippen LogP contribution in [0.15, 0.2) is 65.3 Å². The Morgan fingerprint density at radius 1 is 0.971 bits per heavy atom. The lowest BCUT2D eigenvalue weighted by atomic mass is 10.1. The lowest BCUT2D eigenvalue weighted by Crippen LogP contribution is -2.43. The van der Waals surface area contributed by atoms with Gasteiger partial charge >= 0.3 is 0 Å². The topological polar surface area (TPSA) is 81.5 Å². The van der Waals surface area contributed by atoms with Gasteiger partial charge in [0.15, 0.2) is 11.5 Å². The van der Waals surface area contributed by atoms with E-state index in [2.05, 4.69) is 0 Å². The van der Waals surface area contributed by atoms with Crippen molar-refractivity contribution >= 4 is 11.8 Å². The fourth-order valence-corrected chi connectivity index (χ4v) is 3.94. The van der Waals surface area contributed by atoms with Gasteiger partial charge in [-0.05, 0) is 53.9 Å². The molecule has 1 aliphatic rings.